The fourth-order valence-corrected chi connectivity index (χ4v) is 33.5. The number of allylic oxidation sites excluding steroid dienone is 2. The van der Waals surface area contributed by atoms with Gasteiger partial charge >= 0.3 is 174 Å². The molecule has 0 bridgehead atoms. The average Bonchev–Trinajstić information content (AvgIpc) is 3.13. The van der Waals surface area contributed by atoms with Gasteiger partial charge in [-0.1, -0.05) is 0 Å². The van der Waals surface area contributed by atoms with Gasteiger partial charge in [-0.3, -0.25) is 0 Å². The van der Waals surface area contributed by atoms with Gasteiger partial charge in [-0.05, 0) is 0 Å². The van der Waals surface area contributed by atoms with E-state index >= 15 is 0 Å². The number of halogens is 1. The summed E-state index contributed by atoms with van der Waals surface area (Å²) in [5.74, 6) is -1.04. The van der Waals surface area contributed by atoms with Crippen LogP contribution in [0, 0.1) is 13.8 Å². The third kappa shape index (κ3) is 2.86. The van der Waals surface area contributed by atoms with E-state index in [-0.39, 0.29) is 0 Å². The van der Waals surface area contributed by atoms with Gasteiger partial charge in [0, 0.05) is 0 Å². The van der Waals surface area contributed by atoms with E-state index in [0.29, 0.717) is 7.25 Å². The maximum absolute atomic E-state index is 8.03. The van der Waals surface area contributed by atoms with Crippen LogP contribution in [0.25, 0.3) is 12.2 Å². The van der Waals surface area contributed by atoms with Crippen molar-refractivity contribution in [2.24, 2.45) is 0 Å². The van der Waals surface area contributed by atoms with Gasteiger partial charge < -0.3 is 0 Å². The Morgan fingerprint density at radius 3 is 1.52 bits per heavy atom. The summed E-state index contributed by atoms with van der Waals surface area (Å²) in [6.07, 6.45) is 4.87. The van der Waals surface area contributed by atoms with Crippen molar-refractivity contribution in [3.05, 3.63) is 80.9 Å². The summed E-state index contributed by atoms with van der Waals surface area (Å²) in [5, 5.41) is 0. The van der Waals surface area contributed by atoms with E-state index in [9.17, 15) is 0 Å². The molecule has 2 aromatic carbocycles. The van der Waals surface area contributed by atoms with Crippen molar-refractivity contribution in [1.29, 1.82) is 0 Å². The number of aryl methyl sites for hydroxylation is 2. The molecule has 2 aromatic rings. The van der Waals surface area contributed by atoms with Gasteiger partial charge in [0.05, 0.1) is 0 Å². The Morgan fingerprint density at radius 1 is 0.741 bits per heavy atom. The summed E-state index contributed by atoms with van der Waals surface area (Å²) in [5.41, 5.74) is 11.7. The second-order valence-corrected chi connectivity index (χ2v) is 38.2. The van der Waals surface area contributed by atoms with E-state index in [1.54, 1.807) is 0 Å². The summed E-state index contributed by atoms with van der Waals surface area (Å²) < 4.78 is 1.00. The minimum absolute atomic E-state index is 0.502. The first kappa shape index (κ1) is 19.6. The molecule has 2 aliphatic rings. The van der Waals surface area contributed by atoms with Crippen LogP contribution >= 0.6 is 8.51 Å². The topological polar surface area (TPSA) is 0 Å². The van der Waals surface area contributed by atoms with E-state index in [1.807, 2.05) is 0 Å². The first-order valence-corrected chi connectivity index (χ1v) is 23.2. The summed E-state index contributed by atoms with van der Waals surface area (Å²) in [7, 11) is 8.03. The molecule has 0 radical (unpaired) electrons. The molecule has 3 heteroatoms. The Balaban J connectivity index is 1.93. The molecular formula is C24H29ClSiZr. The molecule has 0 fully saturated rings. The van der Waals surface area contributed by atoms with Crippen LogP contribution in [0.2, 0.25) is 13.1 Å². The normalized spacial score (nSPS) is 23.0. The summed E-state index contributed by atoms with van der Waals surface area (Å²) in [6, 6.07) is 13.7. The average molecular weight is 472 g/mol. The molecule has 0 spiro atoms. The van der Waals surface area contributed by atoms with E-state index < -0.39 is 24.2 Å². The molecule has 0 nitrogen and oxygen atoms in total. The standard InChI is InChI=1S/2C11H11.C2H7Si.ClH.Zr/c2*1-8-6-10-5-3-4-9(2)11(10)7-8;1-3-2;;/h2*3-7H,1-2H3;3H,1-2H3;1H;/q;;;;+1/p-1. The van der Waals surface area contributed by atoms with Crippen molar-refractivity contribution in [3.63, 3.8) is 0 Å². The Bertz CT molecular complexity index is 912. The molecule has 2 aliphatic carbocycles. The molecule has 2 atom stereocenters. The van der Waals surface area contributed by atoms with Gasteiger partial charge in [0.15, 0.2) is 0 Å². The Hall–Kier alpha value is -0.690. The quantitative estimate of drug-likeness (QED) is 0.414. The first-order chi connectivity index (χ1) is 12.8. The predicted molar refractivity (Wildman–Crippen MR) is 120 cm³/mol. The van der Waals surface area contributed by atoms with Crippen LogP contribution in [0.4, 0.5) is 0 Å². The molecule has 4 rings (SSSR count). The van der Waals surface area contributed by atoms with Crippen molar-refractivity contribution >= 4 is 26.6 Å². The number of rotatable bonds is 3. The maximum atomic E-state index is 8.03. The van der Waals surface area contributed by atoms with Crippen LogP contribution in [-0.2, 0) is 18.2 Å². The van der Waals surface area contributed by atoms with Crippen molar-refractivity contribution in [2.45, 2.75) is 48.0 Å². The van der Waals surface area contributed by atoms with E-state index in [0.717, 1.165) is 0 Å². The number of benzene rings is 2. The monoisotopic (exact) mass is 470 g/mol. The SMILES string of the molecule is CC1=Cc2c(C)cccc2[CH]1[Zr]([Cl])([CH]1C(C)=Cc2c(C)cccc21)[SiH](C)C. The molecule has 2 unspecified atom stereocenters. The van der Waals surface area contributed by atoms with Crippen molar-refractivity contribution in [3.8, 4) is 0 Å². The third-order valence-corrected chi connectivity index (χ3v) is 44.0. The van der Waals surface area contributed by atoms with Gasteiger partial charge in [0.1, 0.15) is 0 Å². The van der Waals surface area contributed by atoms with Crippen LogP contribution in [0.1, 0.15) is 54.5 Å². The molecular weight excluding hydrogens is 443 g/mol. The Morgan fingerprint density at radius 2 is 1.15 bits per heavy atom. The van der Waals surface area contributed by atoms with Gasteiger partial charge in [-0.25, -0.2) is 0 Å². The zero-order valence-electron chi connectivity index (χ0n) is 17.2. The van der Waals surface area contributed by atoms with Crippen LogP contribution in [0.15, 0.2) is 47.5 Å². The molecule has 0 amide bonds. The zero-order chi connectivity index (χ0) is 19.5. The summed E-state index contributed by atoms with van der Waals surface area (Å²) >= 11 is -3.14. The van der Waals surface area contributed by atoms with Crippen molar-refractivity contribution in [1.82, 2.24) is 0 Å². The second-order valence-electron chi connectivity index (χ2n) is 8.78. The summed E-state index contributed by atoms with van der Waals surface area (Å²) in [6.45, 7) is 14.2. The number of hydrogen-bond acceptors (Lipinski definition) is 0. The third-order valence-electron chi connectivity index (χ3n) is 6.76. The molecule has 27 heavy (non-hydrogen) atoms. The number of fused-ring (bicyclic) bond motifs is 2. The molecule has 0 aliphatic heterocycles. The number of hydrogen-bond donors (Lipinski definition) is 0. The molecule has 0 heterocycles. The zero-order valence-corrected chi connectivity index (χ0v) is 21.6. The van der Waals surface area contributed by atoms with Crippen molar-refractivity contribution in [2.75, 3.05) is 0 Å². The van der Waals surface area contributed by atoms with E-state index in [4.69, 9.17) is 8.51 Å². The van der Waals surface area contributed by atoms with Gasteiger partial charge in [-0.2, -0.15) is 0 Å². The molecule has 0 saturated carbocycles. The Kier molecular flexibility index (Phi) is 5.07. The van der Waals surface area contributed by atoms with Crippen LogP contribution in [0.3, 0.4) is 0 Å². The summed E-state index contributed by atoms with van der Waals surface area (Å²) in [4.78, 5) is 0. The van der Waals surface area contributed by atoms with Crippen LogP contribution in [-0.4, -0.2) is 5.92 Å². The van der Waals surface area contributed by atoms with Crippen LogP contribution < -0.4 is 0 Å². The van der Waals surface area contributed by atoms with E-state index in [2.05, 4.69) is 89.3 Å². The molecule has 0 saturated heterocycles. The molecule has 140 valence electrons. The predicted octanol–water partition coefficient (Wildman–Crippen LogP) is 7.21. The van der Waals surface area contributed by atoms with Gasteiger partial charge in [-0.15, -0.1) is 0 Å². The second kappa shape index (κ2) is 6.97. The van der Waals surface area contributed by atoms with Gasteiger partial charge in [0.25, 0.3) is 0 Å². The van der Waals surface area contributed by atoms with E-state index in [1.165, 1.54) is 44.5 Å². The first-order valence-electron chi connectivity index (χ1n) is 10.0. The molecule has 0 N–H and O–H groups in total. The van der Waals surface area contributed by atoms with Gasteiger partial charge in [0.2, 0.25) is 0 Å². The Labute approximate surface area is 172 Å². The minimum atomic E-state index is -3.14. The fourth-order valence-electron chi connectivity index (χ4n) is 5.42. The fraction of sp³-hybridized carbons (Fsp3) is 0.333. The molecule has 0 aromatic heterocycles. The van der Waals surface area contributed by atoms with Crippen molar-refractivity contribution < 1.29 is 18.2 Å². The van der Waals surface area contributed by atoms with Crippen LogP contribution in [0.5, 0.6) is 0 Å².